The first-order valence-electron chi connectivity index (χ1n) is 7.87. The Morgan fingerprint density at radius 2 is 2.24 bits per heavy atom. The van der Waals surface area contributed by atoms with E-state index < -0.39 is 5.92 Å². The van der Waals surface area contributed by atoms with Crippen LogP contribution in [-0.4, -0.2) is 47.3 Å². The molecule has 3 heterocycles. The van der Waals surface area contributed by atoms with Crippen molar-refractivity contribution < 1.29 is 18.4 Å². The molecule has 132 valence electrons. The number of aliphatic hydroxyl groups excluding tert-OH is 1. The summed E-state index contributed by atoms with van der Waals surface area (Å²) in [5.41, 5.74) is 2.15. The zero-order valence-corrected chi connectivity index (χ0v) is 13.5. The number of aromatic nitrogens is 6. The van der Waals surface area contributed by atoms with Crippen molar-refractivity contribution in [3.05, 3.63) is 23.7 Å². The third-order valence-electron chi connectivity index (χ3n) is 4.29. The van der Waals surface area contributed by atoms with E-state index in [0.717, 1.165) is 5.69 Å². The van der Waals surface area contributed by atoms with E-state index in [4.69, 9.17) is 9.63 Å². The summed E-state index contributed by atoms with van der Waals surface area (Å²) < 4.78 is 36.0. The van der Waals surface area contributed by atoms with Crippen LogP contribution in [0.25, 0.3) is 23.0 Å². The van der Waals surface area contributed by atoms with E-state index in [1.807, 2.05) is 0 Å². The Morgan fingerprint density at radius 3 is 3.04 bits per heavy atom. The van der Waals surface area contributed by atoms with Crippen LogP contribution in [0.5, 0.6) is 0 Å². The second-order valence-corrected chi connectivity index (χ2v) is 6.07. The molecule has 1 aliphatic rings. The van der Waals surface area contributed by atoms with Crippen molar-refractivity contribution >= 4 is 0 Å². The van der Waals surface area contributed by atoms with Crippen LogP contribution in [0.1, 0.15) is 17.7 Å². The fourth-order valence-corrected chi connectivity index (χ4v) is 3.06. The molecular weight excluding hydrogens is 334 g/mol. The van der Waals surface area contributed by atoms with Gasteiger partial charge in [0.05, 0.1) is 24.9 Å². The minimum absolute atomic E-state index is 0.0348. The molecule has 4 rings (SSSR count). The van der Waals surface area contributed by atoms with E-state index in [2.05, 4.69) is 20.3 Å². The van der Waals surface area contributed by atoms with Gasteiger partial charge < -0.3 is 9.63 Å². The van der Waals surface area contributed by atoms with Crippen molar-refractivity contribution in [1.29, 1.82) is 0 Å². The summed E-state index contributed by atoms with van der Waals surface area (Å²) >= 11 is 0. The van der Waals surface area contributed by atoms with Gasteiger partial charge in [-0.15, -0.1) is 0 Å². The summed E-state index contributed by atoms with van der Waals surface area (Å²) in [6.45, 7) is 0.320. The second kappa shape index (κ2) is 5.73. The zero-order chi connectivity index (χ0) is 17.6. The average Bonchev–Trinajstić information content (AvgIpc) is 3.25. The number of alkyl halides is 2. The first-order chi connectivity index (χ1) is 12.0. The number of fused-ring (bicyclic) bond motifs is 1. The van der Waals surface area contributed by atoms with Crippen molar-refractivity contribution in [3.8, 4) is 23.0 Å². The maximum absolute atomic E-state index is 13.8. The summed E-state index contributed by atoms with van der Waals surface area (Å²) in [7, 11) is 1.72. The van der Waals surface area contributed by atoms with Gasteiger partial charge in [0.1, 0.15) is 0 Å². The lowest BCUT2D eigenvalue weighted by atomic mass is 9.92. The number of aryl methyl sites for hydroxylation is 1. The predicted molar refractivity (Wildman–Crippen MR) is 81.8 cm³/mol. The van der Waals surface area contributed by atoms with Crippen molar-refractivity contribution in [2.45, 2.75) is 31.7 Å². The average molecular weight is 350 g/mol. The van der Waals surface area contributed by atoms with E-state index in [9.17, 15) is 8.78 Å². The highest BCUT2D eigenvalue weighted by atomic mass is 19.3. The van der Waals surface area contributed by atoms with Gasteiger partial charge in [0, 0.05) is 37.3 Å². The molecule has 1 N–H and O–H groups in total. The molecule has 0 saturated heterocycles. The molecule has 8 nitrogen and oxygen atoms in total. The molecule has 0 bridgehead atoms. The first kappa shape index (κ1) is 15.9. The molecule has 0 atom stereocenters. The van der Waals surface area contributed by atoms with Gasteiger partial charge in [-0.2, -0.15) is 15.2 Å². The monoisotopic (exact) mass is 350 g/mol. The topological polar surface area (TPSA) is 94.8 Å². The standard InChI is InChI=1S/C15H16F2N6O2/c1-22-11-2-3-15(16,17)6-10(11)12(20-22)14-19-13(21-25-14)9-7-18-23(8-9)4-5-24/h7-8,24H,2-6H2,1H3. The van der Waals surface area contributed by atoms with Gasteiger partial charge in [-0.05, 0) is 6.42 Å². The predicted octanol–water partition coefficient (Wildman–Crippen LogP) is 1.45. The Labute approximate surface area is 141 Å². The summed E-state index contributed by atoms with van der Waals surface area (Å²) in [5, 5.41) is 21.2. The molecule has 0 fully saturated rings. The van der Waals surface area contributed by atoms with Crippen LogP contribution in [0, 0.1) is 0 Å². The molecule has 0 aliphatic heterocycles. The van der Waals surface area contributed by atoms with E-state index >= 15 is 0 Å². The van der Waals surface area contributed by atoms with Gasteiger partial charge in [-0.25, -0.2) is 8.78 Å². The minimum atomic E-state index is -2.75. The highest BCUT2D eigenvalue weighted by Crippen LogP contribution is 2.37. The molecule has 0 amide bonds. The fourth-order valence-electron chi connectivity index (χ4n) is 3.06. The maximum Gasteiger partial charge on any atom is 0.279 e. The first-order valence-corrected chi connectivity index (χ1v) is 7.87. The Balaban J connectivity index is 1.69. The number of halogens is 2. The number of hydrogen-bond donors (Lipinski definition) is 1. The molecule has 3 aromatic rings. The summed E-state index contributed by atoms with van der Waals surface area (Å²) in [5.74, 6) is -2.35. The van der Waals surface area contributed by atoms with Crippen LogP contribution in [-0.2, 0) is 26.4 Å². The molecule has 0 spiro atoms. The number of nitrogens with zero attached hydrogens (tertiary/aromatic N) is 6. The van der Waals surface area contributed by atoms with Crippen molar-refractivity contribution in [3.63, 3.8) is 0 Å². The van der Waals surface area contributed by atoms with Crippen LogP contribution in [0.15, 0.2) is 16.9 Å². The number of hydrogen-bond acceptors (Lipinski definition) is 6. The second-order valence-electron chi connectivity index (χ2n) is 6.07. The van der Waals surface area contributed by atoms with Crippen LogP contribution in [0.2, 0.25) is 0 Å². The van der Waals surface area contributed by atoms with E-state index in [0.29, 0.717) is 29.2 Å². The lowest BCUT2D eigenvalue weighted by Gasteiger charge is -2.22. The SMILES string of the molecule is Cn1nc(-c2nc(-c3cnn(CCO)c3)no2)c2c1CCC(F)(F)C2. The van der Waals surface area contributed by atoms with Crippen molar-refractivity contribution in [1.82, 2.24) is 29.7 Å². The largest absolute Gasteiger partial charge is 0.394 e. The zero-order valence-electron chi connectivity index (χ0n) is 13.5. The van der Waals surface area contributed by atoms with E-state index in [-0.39, 0.29) is 31.8 Å². The summed E-state index contributed by atoms with van der Waals surface area (Å²) in [6, 6.07) is 0. The molecular formula is C15H16F2N6O2. The molecule has 1 aliphatic carbocycles. The molecule has 10 heteroatoms. The Kier molecular flexibility index (Phi) is 3.64. The quantitative estimate of drug-likeness (QED) is 0.765. The van der Waals surface area contributed by atoms with Crippen LogP contribution >= 0.6 is 0 Å². The van der Waals surface area contributed by atoms with E-state index in [1.165, 1.54) is 0 Å². The molecule has 0 aromatic carbocycles. The Hall–Kier alpha value is -2.62. The Bertz CT molecular complexity index is 913. The van der Waals surface area contributed by atoms with Gasteiger partial charge in [0.15, 0.2) is 5.69 Å². The third-order valence-corrected chi connectivity index (χ3v) is 4.29. The van der Waals surface area contributed by atoms with Gasteiger partial charge in [-0.3, -0.25) is 9.36 Å². The molecule has 3 aromatic heterocycles. The van der Waals surface area contributed by atoms with Crippen LogP contribution in [0.3, 0.4) is 0 Å². The van der Waals surface area contributed by atoms with Gasteiger partial charge in [-0.1, -0.05) is 5.16 Å². The van der Waals surface area contributed by atoms with Crippen LogP contribution in [0.4, 0.5) is 8.78 Å². The summed E-state index contributed by atoms with van der Waals surface area (Å²) in [4.78, 5) is 4.28. The minimum Gasteiger partial charge on any atom is -0.394 e. The van der Waals surface area contributed by atoms with Gasteiger partial charge in [0.2, 0.25) is 5.82 Å². The van der Waals surface area contributed by atoms with E-state index in [1.54, 1.807) is 28.8 Å². The maximum atomic E-state index is 13.8. The van der Waals surface area contributed by atoms with Crippen molar-refractivity contribution in [2.24, 2.45) is 7.05 Å². The number of aliphatic hydroxyl groups is 1. The highest BCUT2D eigenvalue weighted by molar-refractivity contribution is 5.60. The third kappa shape index (κ3) is 2.82. The smallest absolute Gasteiger partial charge is 0.279 e. The lowest BCUT2D eigenvalue weighted by Crippen LogP contribution is -2.26. The highest BCUT2D eigenvalue weighted by Gasteiger charge is 2.38. The van der Waals surface area contributed by atoms with Crippen molar-refractivity contribution in [2.75, 3.05) is 6.61 Å². The molecule has 25 heavy (non-hydrogen) atoms. The Morgan fingerprint density at radius 1 is 1.40 bits per heavy atom. The molecule has 0 saturated carbocycles. The van der Waals surface area contributed by atoms with Gasteiger partial charge >= 0.3 is 0 Å². The molecule has 0 radical (unpaired) electrons. The fraction of sp³-hybridized carbons (Fsp3) is 0.467. The lowest BCUT2D eigenvalue weighted by molar-refractivity contribution is -0.0127. The van der Waals surface area contributed by atoms with Crippen LogP contribution < -0.4 is 0 Å². The molecule has 0 unspecified atom stereocenters. The normalized spacial score (nSPS) is 16.2. The van der Waals surface area contributed by atoms with Gasteiger partial charge in [0.25, 0.3) is 11.8 Å². The number of rotatable bonds is 4. The summed E-state index contributed by atoms with van der Waals surface area (Å²) in [6.07, 6.45) is 2.93.